The van der Waals surface area contributed by atoms with Gasteiger partial charge in [0.1, 0.15) is 0 Å². The number of carbonyl (C=O) groups excluding carboxylic acids is 1. The van der Waals surface area contributed by atoms with Gasteiger partial charge < -0.3 is 15.8 Å². The van der Waals surface area contributed by atoms with Gasteiger partial charge in [-0.05, 0) is 44.2 Å². The molecule has 2 rings (SSSR count). The Morgan fingerprint density at radius 1 is 1.45 bits per heavy atom. The highest BCUT2D eigenvalue weighted by atomic mass is 16.5. The molecule has 5 heteroatoms. The van der Waals surface area contributed by atoms with Crippen LogP contribution in [-0.2, 0) is 4.79 Å². The highest BCUT2D eigenvalue weighted by Crippen LogP contribution is 2.27. The normalized spacial score (nSPS) is 17.0. The monoisotopic (exact) mass is 305 g/mol. The summed E-state index contributed by atoms with van der Waals surface area (Å²) in [6.07, 6.45) is 9.11. The zero-order chi connectivity index (χ0) is 15.8. The summed E-state index contributed by atoms with van der Waals surface area (Å²) in [5.41, 5.74) is 5.67. The summed E-state index contributed by atoms with van der Waals surface area (Å²) in [4.78, 5) is 16.1. The lowest BCUT2D eigenvalue weighted by atomic mass is 9.90. The van der Waals surface area contributed by atoms with E-state index in [2.05, 4.69) is 10.3 Å². The molecule has 0 bridgehead atoms. The molecule has 1 heterocycles. The fourth-order valence-corrected chi connectivity index (χ4v) is 2.72. The van der Waals surface area contributed by atoms with Gasteiger partial charge in [-0.25, -0.2) is 4.98 Å². The minimum atomic E-state index is -0.0708. The number of amides is 1. The Hall–Kier alpha value is -1.62. The Balaban J connectivity index is 1.87. The largest absolute Gasteiger partial charge is 0.489 e. The third-order valence-corrected chi connectivity index (χ3v) is 4.05. The molecule has 1 saturated carbocycles. The smallest absolute Gasteiger partial charge is 0.225 e. The minimum Gasteiger partial charge on any atom is -0.489 e. The van der Waals surface area contributed by atoms with Gasteiger partial charge in [0.15, 0.2) is 11.6 Å². The number of rotatable bonds is 7. The zero-order valence-electron chi connectivity index (χ0n) is 13.4. The van der Waals surface area contributed by atoms with Crippen molar-refractivity contribution in [3.05, 3.63) is 18.3 Å². The van der Waals surface area contributed by atoms with Crippen molar-refractivity contribution in [2.75, 3.05) is 11.9 Å². The Morgan fingerprint density at radius 3 is 2.95 bits per heavy atom. The van der Waals surface area contributed by atoms with E-state index in [1.807, 2.05) is 19.1 Å². The second kappa shape index (κ2) is 8.73. The highest BCUT2D eigenvalue weighted by Gasteiger charge is 2.16. The molecule has 1 aromatic rings. The second-order valence-corrected chi connectivity index (χ2v) is 6.23. The van der Waals surface area contributed by atoms with Crippen LogP contribution in [0.3, 0.4) is 0 Å². The minimum absolute atomic E-state index is 0.0245. The summed E-state index contributed by atoms with van der Waals surface area (Å²) in [5, 5.41) is 2.82. The van der Waals surface area contributed by atoms with Crippen LogP contribution in [0.25, 0.3) is 0 Å². The Bertz CT molecular complexity index is 471. The van der Waals surface area contributed by atoms with Crippen molar-refractivity contribution in [2.45, 2.75) is 57.9 Å². The lowest BCUT2D eigenvalue weighted by Gasteiger charge is -2.22. The van der Waals surface area contributed by atoms with E-state index in [0.29, 0.717) is 36.9 Å². The van der Waals surface area contributed by atoms with E-state index in [4.69, 9.17) is 10.5 Å². The fourth-order valence-electron chi connectivity index (χ4n) is 2.72. The maximum atomic E-state index is 11.9. The molecule has 0 saturated heterocycles. The van der Waals surface area contributed by atoms with Crippen molar-refractivity contribution in [1.82, 2.24) is 4.98 Å². The predicted molar refractivity (Wildman–Crippen MR) is 87.8 cm³/mol. The van der Waals surface area contributed by atoms with Crippen LogP contribution in [0.4, 0.5) is 5.82 Å². The number of hydrogen-bond donors (Lipinski definition) is 2. The van der Waals surface area contributed by atoms with E-state index in [0.717, 1.165) is 0 Å². The van der Waals surface area contributed by atoms with E-state index in [1.165, 1.54) is 32.1 Å². The highest BCUT2D eigenvalue weighted by molar-refractivity contribution is 5.91. The van der Waals surface area contributed by atoms with E-state index in [-0.39, 0.29) is 11.9 Å². The standard InChI is InChI=1S/C17H27N3O2/c1-13(18)9-10-16(21)20-17-15(8-5-11-19-17)22-12-14-6-3-2-4-7-14/h5,8,11,13-14H,2-4,6-7,9-10,12,18H2,1H3,(H,19,20,21). The van der Waals surface area contributed by atoms with Crippen LogP contribution < -0.4 is 15.8 Å². The SMILES string of the molecule is CC(N)CCC(=O)Nc1ncccc1OCC1CCCCC1. The second-order valence-electron chi connectivity index (χ2n) is 6.23. The van der Waals surface area contributed by atoms with Crippen LogP contribution in [0.2, 0.25) is 0 Å². The maximum Gasteiger partial charge on any atom is 0.225 e. The molecule has 3 N–H and O–H groups in total. The zero-order valence-corrected chi connectivity index (χ0v) is 13.4. The Labute approximate surface area is 132 Å². The molecule has 1 aromatic heterocycles. The molecule has 1 atom stereocenters. The molecule has 1 fully saturated rings. The number of hydrogen-bond acceptors (Lipinski definition) is 4. The van der Waals surface area contributed by atoms with E-state index in [9.17, 15) is 4.79 Å². The molecule has 0 aromatic carbocycles. The van der Waals surface area contributed by atoms with Gasteiger partial charge in [-0.3, -0.25) is 4.79 Å². The van der Waals surface area contributed by atoms with Crippen molar-refractivity contribution in [3.63, 3.8) is 0 Å². The van der Waals surface area contributed by atoms with Gasteiger partial charge in [0.05, 0.1) is 6.61 Å². The molecular weight excluding hydrogens is 278 g/mol. The van der Waals surface area contributed by atoms with Gasteiger partial charge in [-0.2, -0.15) is 0 Å². The van der Waals surface area contributed by atoms with Crippen molar-refractivity contribution in [1.29, 1.82) is 0 Å². The van der Waals surface area contributed by atoms with Gasteiger partial charge in [0, 0.05) is 18.7 Å². The van der Waals surface area contributed by atoms with Crippen LogP contribution in [0, 0.1) is 5.92 Å². The van der Waals surface area contributed by atoms with Crippen LogP contribution in [0.5, 0.6) is 5.75 Å². The molecule has 0 radical (unpaired) electrons. The third-order valence-electron chi connectivity index (χ3n) is 4.05. The fraction of sp³-hybridized carbons (Fsp3) is 0.647. The van der Waals surface area contributed by atoms with Gasteiger partial charge in [0.25, 0.3) is 0 Å². The predicted octanol–water partition coefficient (Wildman–Crippen LogP) is 3.11. The van der Waals surface area contributed by atoms with Gasteiger partial charge in [-0.1, -0.05) is 19.3 Å². The number of nitrogens with two attached hydrogens (primary N) is 1. The van der Waals surface area contributed by atoms with Crippen molar-refractivity contribution in [3.8, 4) is 5.75 Å². The molecule has 0 aliphatic heterocycles. The first-order valence-electron chi connectivity index (χ1n) is 8.28. The van der Waals surface area contributed by atoms with E-state index < -0.39 is 0 Å². The average molecular weight is 305 g/mol. The third kappa shape index (κ3) is 5.64. The first-order chi connectivity index (χ1) is 10.6. The number of ether oxygens (including phenoxy) is 1. The summed E-state index contributed by atoms with van der Waals surface area (Å²) < 4.78 is 5.90. The lowest BCUT2D eigenvalue weighted by Crippen LogP contribution is -2.20. The molecule has 1 aliphatic carbocycles. The summed E-state index contributed by atoms with van der Waals surface area (Å²) in [5.74, 6) is 1.71. The van der Waals surface area contributed by atoms with Crippen molar-refractivity contribution >= 4 is 11.7 Å². The molecule has 1 unspecified atom stereocenters. The van der Waals surface area contributed by atoms with Crippen LogP contribution in [0.15, 0.2) is 18.3 Å². The van der Waals surface area contributed by atoms with Gasteiger partial charge in [0.2, 0.25) is 5.91 Å². The molecule has 22 heavy (non-hydrogen) atoms. The summed E-state index contributed by atoms with van der Waals surface area (Å²) in [7, 11) is 0. The first-order valence-corrected chi connectivity index (χ1v) is 8.28. The topological polar surface area (TPSA) is 77.2 Å². The Morgan fingerprint density at radius 2 is 2.23 bits per heavy atom. The van der Waals surface area contributed by atoms with Crippen molar-refractivity contribution < 1.29 is 9.53 Å². The van der Waals surface area contributed by atoms with Crippen molar-refractivity contribution in [2.24, 2.45) is 11.7 Å². The number of nitrogens with one attached hydrogen (secondary N) is 1. The average Bonchev–Trinajstić information content (AvgIpc) is 2.53. The summed E-state index contributed by atoms with van der Waals surface area (Å²) in [6, 6.07) is 3.71. The number of anilines is 1. The van der Waals surface area contributed by atoms with Crippen LogP contribution in [0.1, 0.15) is 51.9 Å². The molecule has 5 nitrogen and oxygen atoms in total. The van der Waals surface area contributed by atoms with E-state index >= 15 is 0 Å². The molecule has 1 aliphatic rings. The summed E-state index contributed by atoms with van der Waals surface area (Å²) in [6.45, 7) is 2.60. The maximum absolute atomic E-state index is 11.9. The first kappa shape index (κ1) is 16.7. The quantitative estimate of drug-likeness (QED) is 0.811. The molecule has 0 spiro atoms. The molecule has 1 amide bonds. The summed E-state index contributed by atoms with van der Waals surface area (Å²) >= 11 is 0. The van der Waals surface area contributed by atoms with Gasteiger partial charge >= 0.3 is 0 Å². The number of nitrogens with zero attached hydrogens (tertiary/aromatic N) is 1. The molecular formula is C17H27N3O2. The molecule has 122 valence electrons. The van der Waals surface area contributed by atoms with Crippen LogP contribution in [-0.4, -0.2) is 23.5 Å². The number of carbonyl (C=O) groups is 1. The Kier molecular flexibility index (Phi) is 6.65. The number of pyridine rings is 1. The van der Waals surface area contributed by atoms with E-state index in [1.54, 1.807) is 6.20 Å². The lowest BCUT2D eigenvalue weighted by molar-refractivity contribution is -0.116. The van der Waals surface area contributed by atoms with Gasteiger partial charge in [-0.15, -0.1) is 0 Å². The number of aromatic nitrogens is 1. The van der Waals surface area contributed by atoms with Crippen LogP contribution >= 0.6 is 0 Å².